The molecule has 4 heteroatoms. The summed E-state index contributed by atoms with van der Waals surface area (Å²) in [7, 11) is 0. The Morgan fingerprint density at radius 1 is 1.36 bits per heavy atom. The molecule has 0 amide bonds. The van der Waals surface area contributed by atoms with Gasteiger partial charge in [0, 0.05) is 11.8 Å². The van der Waals surface area contributed by atoms with Gasteiger partial charge in [0.25, 0.3) is 0 Å². The van der Waals surface area contributed by atoms with Crippen molar-refractivity contribution in [1.82, 2.24) is 4.98 Å². The molecule has 1 N–H and O–H groups in total. The molecule has 1 atom stereocenters. The summed E-state index contributed by atoms with van der Waals surface area (Å²) >= 11 is 0. The molecule has 72 valence electrons. The molecular formula is C10H8FNO2. The molecular weight excluding hydrogens is 185 g/mol. The van der Waals surface area contributed by atoms with Gasteiger partial charge in [-0.1, -0.05) is 0 Å². The second-order valence-corrected chi connectivity index (χ2v) is 2.80. The highest BCUT2D eigenvalue weighted by Crippen LogP contribution is 2.22. The van der Waals surface area contributed by atoms with Crippen LogP contribution in [0.3, 0.4) is 0 Å². The molecule has 0 aliphatic rings. The van der Waals surface area contributed by atoms with Crippen molar-refractivity contribution in [2.75, 3.05) is 0 Å². The van der Waals surface area contributed by atoms with Gasteiger partial charge in [-0.25, -0.2) is 4.98 Å². The smallest absolute Gasteiger partial charge is 0.219 e. The van der Waals surface area contributed by atoms with Crippen LogP contribution in [0.5, 0.6) is 0 Å². The molecule has 2 heterocycles. The van der Waals surface area contributed by atoms with Gasteiger partial charge in [-0.05, 0) is 24.3 Å². The van der Waals surface area contributed by atoms with Crippen molar-refractivity contribution in [3.05, 3.63) is 54.0 Å². The predicted molar refractivity (Wildman–Crippen MR) is 47.0 cm³/mol. The summed E-state index contributed by atoms with van der Waals surface area (Å²) in [6.45, 7) is 0. The van der Waals surface area contributed by atoms with Crippen LogP contribution >= 0.6 is 0 Å². The second-order valence-electron chi connectivity index (χ2n) is 2.80. The standard InChI is InChI=1S/C10H8FNO2/c11-10-7(3-1-5-12-10)9(13)8-4-2-6-14-8/h1-6,9,13H. The summed E-state index contributed by atoms with van der Waals surface area (Å²) in [5.41, 5.74) is 0.113. The average Bonchev–Trinajstić information content (AvgIpc) is 2.70. The Kier molecular flexibility index (Phi) is 2.28. The van der Waals surface area contributed by atoms with Crippen molar-refractivity contribution in [2.24, 2.45) is 0 Å². The van der Waals surface area contributed by atoms with E-state index in [0.29, 0.717) is 5.76 Å². The Bertz CT molecular complexity index is 414. The molecule has 0 spiro atoms. The van der Waals surface area contributed by atoms with Crippen LogP contribution in [0.15, 0.2) is 41.1 Å². The van der Waals surface area contributed by atoms with Gasteiger partial charge < -0.3 is 9.52 Å². The van der Waals surface area contributed by atoms with E-state index in [1.54, 1.807) is 18.2 Å². The molecule has 0 aromatic carbocycles. The highest BCUT2D eigenvalue weighted by molar-refractivity contribution is 5.22. The zero-order valence-corrected chi connectivity index (χ0v) is 7.22. The van der Waals surface area contributed by atoms with Crippen LogP contribution < -0.4 is 0 Å². The highest BCUT2D eigenvalue weighted by atomic mass is 19.1. The molecule has 14 heavy (non-hydrogen) atoms. The number of pyridine rings is 1. The first-order chi connectivity index (χ1) is 6.79. The Balaban J connectivity index is 2.37. The number of aliphatic hydroxyl groups is 1. The number of furan rings is 1. The van der Waals surface area contributed by atoms with Crippen LogP contribution in [0.25, 0.3) is 0 Å². The topological polar surface area (TPSA) is 46.3 Å². The number of halogens is 1. The minimum absolute atomic E-state index is 0.113. The largest absolute Gasteiger partial charge is 0.466 e. The van der Waals surface area contributed by atoms with Crippen molar-refractivity contribution in [2.45, 2.75) is 6.10 Å². The fourth-order valence-electron chi connectivity index (χ4n) is 1.20. The first-order valence-corrected chi connectivity index (χ1v) is 4.11. The van der Waals surface area contributed by atoms with Crippen LogP contribution in [0.1, 0.15) is 17.4 Å². The molecule has 1 unspecified atom stereocenters. The van der Waals surface area contributed by atoms with E-state index in [9.17, 15) is 9.50 Å². The van der Waals surface area contributed by atoms with E-state index in [4.69, 9.17) is 4.42 Å². The quantitative estimate of drug-likeness (QED) is 0.741. The molecule has 0 aliphatic heterocycles. The van der Waals surface area contributed by atoms with E-state index < -0.39 is 12.1 Å². The first-order valence-electron chi connectivity index (χ1n) is 4.11. The van der Waals surface area contributed by atoms with Gasteiger partial charge in [-0.3, -0.25) is 0 Å². The van der Waals surface area contributed by atoms with Crippen molar-refractivity contribution in [3.8, 4) is 0 Å². The van der Waals surface area contributed by atoms with Gasteiger partial charge in [0.1, 0.15) is 11.9 Å². The fraction of sp³-hybridized carbons (Fsp3) is 0.100. The average molecular weight is 193 g/mol. The van der Waals surface area contributed by atoms with Gasteiger partial charge in [0.2, 0.25) is 5.95 Å². The van der Waals surface area contributed by atoms with E-state index in [1.165, 1.54) is 18.5 Å². The maximum absolute atomic E-state index is 13.1. The van der Waals surface area contributed by atoms with E-state index in [2.05, 4.69) is 4.98 Å². The molecule has 3 nitrogen and oxygen atoms in total. The molecule has 0 bridgehead atoms. The van der Waals surface area contributed by atoms with E-state index in [0.717, 1.165) is 0 Å². The van der Waals surface area contributed by atoms with Crippen molar-refractivity contribution < 1.29 is 13.9 Å². The maximum Gasteiger partial charge on any atom is 0.219 e. The van der Waals surface area contributed by atoms with Crippen LogP contribution in [0.2, 0.25) is 0 Å². The molecule has 0 fully saturated rings. The third-order valence-electron chi connectivity index (χ3n) is 1.90. The van der Waals surface area contributed by atoms with Crippen LogP contribution in [-0.2, 0) is 0 Å². The molecule has 2 aromatic heterocycles. The number of nitrogens with zero attached hydrogens (tertiary/aromatic N) is 1. The van der Waals surface area contributed by atoms with E-state index in [1.807, 2.05) is 0 Å². The minimum Gasteiger partial charge on any atom is -0.466 e. The minimum atomic E-state index is -1.10. The van der Waals surface area contributed by atoms with Gasteiger partial charge in [0.15, 0.2) is 0 Å². The Labute approximate surface area is 79.8 Å². The fourth-order valence-corrected chi connectivity index (χ4v) is 1.20. The van der Waals surface area contributed by atoms with Gasteiger partial charge in [-0.15, -0.1) is 0 Å². The van der Waals surface area contributed by atoms with Crippen molar-refractivity contribution in [1.29, 1.82) is 0 Å². The van der Waals surface area contributed by atoms with Crippen molar-refractivity contribution in [3.63, 3.8) is 0 Å². The van der Waals surface area contributed by atoms with Crippen LogP contribution in [-0.4, -0.2) is 10.1 Å². The van der Waals surface area contributed by atoms with Crippen LogP contribution in [0.4, 0.5) is 4.39 Å². The molecule has 0 saturated heterocycles. The molecule has 2 rings (SSSR count). The lowest BCUT2D eigenvalue weighted by Gasteiger charge is -2.07. The lowest BCUT2D eigenvalue weighted by Crippen LogP contribution is -2.02. The van der Waals surface area contributed by atoms with Gasteiger partial charge in [-0.2, -0.15) is 4.39 Å². The van der Waals surface area contributed by atoms with E-state index >= 15 is 0 Å². The summed E-state index contributed by atoms with van der Waals surface area (Å²) in [5.74, 6) is -0.381. The predicted octanol–water partition coefficient (Wildman–Crippen LogP) is 1.90. The first kappa shape index (κ1) is 8.90. The number of aromatic nitrogens is 1. The number of hydrogen-bond donors (Lipinski definition) is 1. The normalized spacial score (nSPS) is 12.7. The highest BCUT2D eigenvalue weighted by Gasteiger charge is 2.17. The SMILES string of the molecule is OC(c1ccco1)c1cccnc1F. The molecule has 2 aromatic rings. The summed E-state index contributed by atoms with van der Waals surface area (Å²) in [5, 5.41) is 9.69. The summed E-state index contributed by atoms with van der Waals surface area (Å²) < 4.78 is 18.1. The van der Waals surface area contributed by atoms with Gasteiger partial charge in [0.05, 0.1) is 6.26 Å². The number of hydrogen-bond acceptors (Lipinski definition) is 3. The van der Waals surface area contributed by atoms with Crippen molar-refractivity contribution >= 4 is 0 Å². The number of aliphatic hydroxyl groups excluding tert-OH is 1. The Morgan fingerprint density at radius 2 is 2.21 bits per heavy atom. The van der Waals surface area contributed by atoms with Crippen LogP contribution in [0, 0.1) is 5.95 Å². The lowest BCUT2D eigenvalue weighted by atomic mass is 10.1. The number of rotatable bonds is 2. The third-order valence-corrected chi connectivity index (χ3v) is 1.90. The summed E-state index contributed by atoms with van der Waals surface area (Å²) in [4.78, 5) is 3.44. The van der Waals surface area contributed by atoms with E-state index in [-0.39, 0.29) is 5.56 Å². The summed E-state index contributed by atoms with van der Waals surface area (Å²) in [6.07, 6.45) is 1.65. The Hall–Kier alpha value is -1.68. The maximum atomic E-state index is 13.1. The Morgan fingerprint density at radius 3 is 2.86 bits per heavy atom. The molecule has 0 radical (unpaired) electrons. The third kappa shape index (κ3) is 1.52. The summed E-state index contributed by atoms with van der Waals surface area (Å²) in [6, 6.07) is 6.24. The zero-order chi connectivity index (χ0) is 9.97. The monoisotopic (exact) mass is 193 g/mol. The van der Waals surface area contributed by atoms with Gasteiger partial charge >= 0.3 is 0 Å². The molecule has 0 saturated carbocycles. The lowest BCUT2D eigenvalue weighted by molar-refractivity contribution is 0.183. The second kappa shape index (κ2) is 3.59. The molecule has 0 aliphatic carbocycles. The zero-order valence-electron chi connectivity index (χ0n) is 7.22.